The minimum absolute atomic E-state index is 0.0248. The normalized spacial score (nSPS) is 13.3. The van der Waals surface area contributed by atoms with E-state index in [9.17, 15) is 9.00 Å². The van der Waals surface area contributed by atoms with Gasteiger partial charge in [-0.15, -0.1) is 0 Å². The maximum absolute atomic E-state index is 12.3. The van der Waals surface area contributed by atoms with Gasteiger partial charge in [0.2, 0.25) is 5.91 Å². The molecule has 128 valence electrons. The van der Waals surface area contributed by atoms with Gasteiger partial charge in [-0.1, -0.05) is 22.0 Å². The van der Waals surface area contributed by atoms with Crippen LogP contribution in [-0.2, 0) is 15.6 Å². The molecule has 0 radical (unpaired) electrons. The van der Waals surface area contributed by atoms with Crippen molar-refractivity contribution in [2.24, 2.45) is 0 Å². The van der Waals surface area contributed by atoms with E-state index in [1.807, 2.05) is 43.3 Å². The second-order valence-corrected chi connectivity index (χ2v) is 8.06. The minimum Gasteiger partial charge on any atom is -0.339 e. The predicted molar refractivity (Wildman–Crippen MR) is 100 cm³/mol. The summed E-state index contributed by atoms with van der Waals surface area (Å²) in [5.74, 6) is 0.543. The van der Waals surface area contributed by atoms with Crippen molar-refractivity contribution in [3.8, 4) is 0 Å². The fourth-order valence-corrected chi connectivity index (χ4v) is 3.64. The highest BCUT2D eigenvalue weighted by Crippen LogP contribution is 2.19. The zero-order valence-corrected chi connectivity index (χ0v) is 16.2. The predicted octanol–water partition coefficient (Wildman–Crippen LogP) is 3.95. The summed E-state index contributed by atoms with van der Waals surface area (Å²) in [7, 11) is 0.728. The number of pyridine rings is 1. The lowest BCUT2D eigenvalue weighted by molar-refractivity contribution is -0.131. The lowest BCUT2D eigenvalue weighted by atomic mass is 10.1. The van der Waals surface area contributed by atoms with E-state index in [1.54, 1.807) is 24.3 Å². The third-order valence-corrected chi connectivity index (χ3v) is 5.92. The van der Waals surface area contributed by atoms with Gasteiger partial charge >= 0.3 is 0 Å². The Morgan fingerprint density at radius 1 is 1.29 bits per heavy atom. The third-order valence-electron chi connectivity index (χ3n) is 3.94. The van der Waals surface area contributed by atoms with E-state index < -0.39 is 10.8 Å². The number of hydrogen-bond donors (Lipinski definition) is 0. The van der Waals surface area contributed by atoms with E-state index in [-0.39, 0.29) is 11.9 Å². The van der Waals surface area contributed by atoms with Crippen LogP contribution in [0.1, 0.15) is 31.4 Å². The quantitative estimate of drug-likeness (QED) is 0.696. The van der Waals surface area contributed by atoms with Gasteiger partial charge in [0, 0.05) is 41.0 Å². The van der Waals surface area contributed by atoms with Crippen molar-refractivity contribution in [3.05, 3.63) is 58.8 Å². The summed E-state index contributed by atoms with van der Waals surface area (Å²) in [5, 5.41) is 0. The van der Waals surface area contributed by atoms with Crippen LogP contribution >= 0.6 is 15.9 Å². The molecule has 0 bridgehead atoms. The summed E-state index contributed by atoms with van der Waals surface area (Å²) in [6.45, 7) is 1.98. The van der Waals surface area contributed by atoms with Gasteiger partial charge in [0.05, 0.1) is 16.8 Å². The SMILES string of the molecule is CC(c1cccnc1)N(C)C(=O)CCCS(=O)c1ccc(Br)cc1. The van der Waals surface area contributed by atoms with E-state index in [0.717, 1.165) is 14.9 Å². The molecule has 0 spiro atoms. The fourth-order valence-electron chi connectivity index (χ4n) is 2.30. The summed E-state index contributed by atoms with van der Waals surface area (Å²) < 4.78 is 13.2. The number of benzene rings is 1. The highest BCUT2D eigenvalue weighted by molar-refractivity contribution is 9.10. The molecule has 2 atom stereocenters. The van der Waals surface area contributed by atoms with Crippen LogP contribution in [-0.4, -0.2) is 32.8 Å². The van der Waals surface area contributed by atoms with Crippen LogP contribution in [0.25, 0.3) is 0 Å². The first-order chi connectivity index (χ1) is 11.5. The molecule has 4 nitrogen and oxygen atoms in total. The Morgan fingerprint density at radius 2 is 2.00 bits per heavy atom. The van der Waals surface area contributed by atoms with E-state index in [1.165, 1.54) is 0 Å². The van der Waals surface area contributed by atoms with Crippen LogP contribution in [0.2, 0.25) is 0 Å². The van der Waals surface area contributed by atoms with E-state index in [2.05, 4.69) is 20.9 Å². The van der Waals surface area contributed by atoms with Crippen LogP contribution in [0.15, 0.2) is 58.2 Å². The Bertz CT molecular complexity index is 692. The van der Waals surface area contributed by atoms with E-state index in [4.69, 9.17) is 0 Å². The maximum Gasteiger partial charge on any atom is 0.222 e. The standard InChI is InChI=1S/C18H21BrN2O2S/c1-14(15-5-3-11-20-13-15)21(2)18(22)6-4-12-24(23)17-9-7-16(19)8-10-17/h3,5,7-11,13-14H,4,6,12H2,1-2H3. The van der Waals surface area contributed by atoms with Crippen LogP contribution in [0.3, 0.4) is 0 Å². The van der Waals surface area contributed by atoms with Crippen molar-refractivity contribution in [3.63, 3.8) is 0 Å². The molecule has 0 saturated heterocycles. The van der Waals surface area contributed by atoms with Gasteiger partial charge in [-0.2, -0.15) is 0 Å². The zero-order chi connectivity index (χ0) is 17.5. The molecule has 0 saturated carbocycles. The Hall–Kier alpha value is -1.53. The Labute approximate surface area is 153 Å². The average molecular weight is 409 g/mol. The second kappa shape index (κ2) is 9.08. The molecular weight excluding hydrogens is 388 g/mol. The van der Waals surface area contributed by atoms with E-state index in [0.29, 0.717) is 18.6 Å². The number of amides is 1. The molecular formula is C18H21BrN2O2S. The van der Waals surface area contributed by atoms with Crippen LogP contribution in [0, 0.1) is 0 Å². The zero-order valence-electron chi connectivity index (χ0n) is 13.8. The molecule has 1 aromatic heterocycles. The van der Waals surface area contributed by atoms with Crippen molar-refractivity contribution in [1.82, 2.24) is 9.88 Å². The maximum atomic E-state index is 12.3. The van der Waals surface area contributed by atoms with Crippen molar-refractivity contribution in [1.29, 1.82) is 0 Å². The lowest BCUT2D eigenvalue weighted by Crippen LogP contribution is -2.29. The summed E-state index contributed by atoms with van der Waals surface area (Å²) in [6.07, 6.45) is 4.49. The smallest absolute Gasteiger partial charge is 0.222 e. The third kappa shape index (κ3) is 5.24. The first kappa shape index (κ1) is 18.8. The summed E-state index contributed by atoms with van der Waals surface area (Å²) >= 11 is 3.36. The molecule has 6 heteroatoms. The molecule has 0 aliphatic rings. The molecule has 0 aliphatic carbocycles. The molecule has 1 heterocycles. The average Bonchev–Trinajstić information content (AvgIpc) is 2.61. The van der Waals surface area contributed by atoms with Gasteiger partial charge in [-0.3, -0.25) is 14.0 Å². The number of carbonyl (C=O) groups excluding carboxylic acids is 1. The van der Waals surface area contributed by atoms with Gasteiger partial charge in [0.25, 0.3) is 0 Å². The number of hydrogen-bond acceptors (Lipinski definition) is 3. The summed E-state index contributed by atoms with van der Waals surface area (Å²) in [5.41, 5.74) is 1.01. The number of carbonyl (C=O) groups is 1. The van der Waals surface area contributed by atoms with Crippen LogP contribution in [0.5, 0.6) is 0 Å². The molecule has 0 aliphatic heterocycles. The molecule has 2 rings (SSSR count). The van der Waals surface area contributed by atoms with E-state index >= 15 is 0 Å². The van der Waals surface area contributed by atoms with Gasteiger partial charge in [-0.25, -0.2) is 0 Å². The molecule has 24 heavy (non-hydrogen) atoms. The topological polar surface area (TPSA) is 50.3 Å². The van der Waals surface area contributed by atoms with Gasteiger partial charge < -0.3 is 4.90 Å². The molecule has 0 N–H and O–H groups in total. The fraction of sp³-hybridized carbons (Fsp3) is 0.333. The summed E-state index contributed by atoms with van der Waals surface area (Å²) in [6, 6.07) is 11.2. The Balaban J connectivity index is 1.82. The van der Waals surface area contributed by atoms with Crippen molar-refractivity contribution in [2.45, 2.75) is 30.7 Å². The Morgan fingerprint density at radius 3 is 2.62 bits per heavy atom. The Kier molecular flexibility index (Phi) is 7.12. The van der Waals surface area contributed by atoms with Crippen LogP contribution < -0.4 is 0 Å². The van der Waals surface area contributed by atoms with Crippen molar-refractivity contribution < 1.29 is 9.00 Å². The first-order valence-electron chi connectivity index (χ1n) is 7.78. The molecule has 1 aromatic carbocycles. The summed E-state index contributed by atoms with van der Waals surface area (Å²) in [4.78, 5) is 18.9. The lowest BCUT2D eigenvalue weighted by Gasteiger charge is -2.25. The van der Waals surface area contributed by atoms with Crippen molar-refractivity contribution >= 4 is 32.6 Å². The van der Waals surface area contributed by atoms with Crippen LogP contribution in [0.4, 0.5) is 0 Å². The molecule has 1 amide bonds. The van der Waals surface area contributed by atoms with Gasteiger partial charge in [0.15, 0.2) is 0 Å². The highest BCUT2D eigenvalue weighted by atomic mass is 79.9. The molecule has 0 fully saturated rings. The number of rotatable bonds is 7. The largest absolute Gasteiger partial charge is 0.339 e. The van der Waals surface area contributed by atoms with Gasteiger partial charge in [0.1, 0.15) is 0 Å². The minimum atomic E-state index is -1.07. The number of nitrogens with zero attached hydrogens (tertiary/aromatic N) is 2. The van der Waals surface area contributed by atoms with Crippen molar-refractivity contribution in [2.75, 3.05) is 12.8 Å². The highest BCUT2D eigenvalue weighted by Gasteiger charge is 2.17. The number of aromatic nitrogens is 1. The van der Waals surface area contributed by atoms with Gasteiger partial charge in [-0.05, 0) is 49.2 Å². The number of halogens is 1. The molecule has 2 aromatic rings. The monoisotopic (exact) mass is 408 g/mol. The first-order valence-corrected chi connectivity index (χ1v) is 9.89. The molecule has 2 unspecified atom stereocenters. The second-order valence-electron chi connectivity index (χ2n) is 5.57.